The van der Waals surface area contributed by atoms with E-state index in [-0.39, 0.29) is 17.1 Å². The number of halogens is 1. The first-order valence-electron chi connectivity index (χ1n) is 11.6. The Hall–Kier alpha value is -4.03. The predicted octanol–water partition coefficient (Wildman–Crippen LogP) is 3.65. The Bertz CT molecular complexity index is 1150. The minimum atomic E-state index is -1.26. The van der Waals surface area contributed by atoms with Crippen molar-refractivity contribution in [3.63, 3.8) is 0 Å². The van der Waals surface area contributed by atoms with Crippen molar-refractivity contribution in [1.82, 2.24) is 5.32 Å². The zero-order valence-corrected chi connectivity index (χ0v) is 19.5. The molecular formula is C27H27FN2O6. The minimum Gasteiger partial charge on any atom is -0.490 e. The average Bonchev–Trinajstić information content (AvgIpc) is 3.80. The zero-order valence-electron chi connectivity index (χ0n) is 19.5. The number of carbonyl (C=O) groups excluding carboxylic acids is 1. The van der Waals surface area contributed by atoms with Gasteiger partial charge in [0.2, 0.25) is 0 Å². The van der Waals surface area contributed by atoms with Crippen molar-refractivity contribution in [1.29, 1.82) is 5.26 Å². The summed E-state index contributed by atoms with van der Waals surface area (Å²) >= 11 is 0. The molecule has 0 aromatic heterocycles. The van der Waals surface area contributed by atoms with Gasteiger partial charge < -0.3 is 20.3 Å². The van der Waals surface area contributed by atoms with Crippen LogP contribution in [0.15, 0.2) is 54.6 Å². The number of hydrogen-bond acceptors (Lipinski definition) is 6. The van der Waals surface area contributed by atoms with Crippen molar-refractivity contribution in [3.05, 3.63) is 77.1 Å². The fraction of sp³-hybridized carbons (Fsp3) is 0.333. The molecule has 2 atom stereocenters. The molecule has 188 valence electrons. The average molecular weight is 495 g/mol. The van der Waals surface area contributed by atoms with E-state index in [1.165, 1.54) is 25.0 Å². The van der Waals surface area contributed by atoms with Crippen molar-refractivity contribution in [3.8, 4) is 11.8 Å². The number of aliphatic carboxylic acids is 2. The third kappa shape index (κ3) is 8.64. The second-order valence-corrected chi connectivity index (χ2v) is 8.84. The molecule has 0 radical (unpaired) electrons. The molecule has 0 spiro atoms. The number of carboxylic acids is 2. The summed E-state index contributed by atoms with van der Waals surface area (Å²) in [5.74, 6) is -1.14. The third-order valence-corrected chi connectivity index (χ3v) is 5.90. The van der Waals surface area contributed by atoms with Crippen LogP contribution in [-0.4, -0.2) is 47.6 Å². The molecular weight excluding hydrogens is 467 g/mol. The minimum absolute atomic E-state index is 0.188. The van der Waals surface area contributed by atoms with Crippen LogP contribution in [0, 0.1) is 34.9 Å². The smallest absolute Gasteiger partial charge is 0.328 e. The SMILES string of the molecule is N#Cc1ccc(C(=O)c2ccc(OCC3CC3CNCC3CC3)c(F)c2)cc1.O=C(O)/C=C/C(=O)O. The van der Waals surface area contributed by atoms with Crippen LogP contribution in [-0.2, 0) is 9.59 Å². The first-order valence-corrected chi connectivity index (χ1v) is 11.6. The maximum atomic E-state index is 14.4. The zero-order chi connectivity index (χ0) is 26.1. The Balaban J connectivity index is 0.000000392. The van der Waals surface area contributed by atoms with Gasteiger partial charge in [0.1, 0.15) is 0 Å². The van der Waals surface area contributed by atoms with Crippen LogP contribution in [0.2, 0.25) is 0 Å². The lowest BCUT2D eigenvalue weighted by Gasteiger charge is -2.09. The van der Waals surface area contributed by atoms with Crippen LogP contribution < -0.4 is 10.1 Å². The van der Waals surface area contributed by atoms with Crippen LogP contribution >= 0.6 is 0 Å². The first-order chi connectivity index (χ1) is 17.3. The molecule has 9 heteroatoms. The van der Waals surface area contributed by atoms with Gasteiger partial charge in [0.05, 0.1) is 18.2 Å². The highest BCUT2D eigenvalue weighted by Gasteiger charge is 2.37. The summed E-state index contributed by atoms with van der Waals surface area (Å²) in [6, 6.07) is 12.6. The Labute approximate surface area is 208 Å². The summed E-state index contributed by atoms with van der Waals surface area (Å²) in [6.45, 7) is 2.65. The number of benzene rings is 2. The second kappa shape index (κ2) is 12.6. The Morgan fingerprint density at radius 3 is 2.19 bits per heavy atom. The van der Waals surface area contributed by atoms with Crippen molar-refractivity contribution < 1.29 is 33.7 Å². The molecule has 0 saturated heterocycles. The van der Waals surface area contributed by atoms with Gasteiger partial charge in [-0.1, -0.05) is 0 Å². The monoisotopic (exact) mass is 494 g/mol. The standard InChI is InChI=1S/C23H23FN2O2.C4H4O4/c24-21-10-18(23(27)17-5-3-15(11-25)4-6-17)7-8-22(21)28-14-20-9-19(20)13-26-12-16-1-2-16;5-3(6)1-2-4(7)8/h3-8,10,16,19-20,26H,1-2,9,12-14H2;1-2H,(H,5,6)(H,7,8)/b;2-1+. The molecule has 4 rings (SSSR count). The fourth-order valence-corrected chi connectivity index (χ4v) is 3.52. The molecule has 3 N–H and O–H groups in total. The van der Waals surface area contributed by atoms with Gasteiger partial charge in [0, 0.05) is 23.3 Å². The van der Waals surface area contributed by atoms with Gasteiger partial charge in [-0.25, -0.2) is 14.0 Å². The topological polar surface area (TPSA) is 137 Å². The van der Waals surface area contributed by atoms with Crippen molar-refractivity contribution in [2.45, 2.75) is 19.3 Å². The van der Waals surface area contributed by atoms with Crippen LogP contribution in [0.3, 0.4) is 0 Å². The molecule has 2 saturated carbocycles. The van der Waals surface area contributed by atoms with E-state index in [4.69, 9.17) is 20.2 Å². The molecule has 2 aromatic carbocycles. The molecule has 2 aromatic rings. The van der Waals surface area contributed by atoms with Crippen LogP contribution in [0.1, 0.15) is 40.7 Å². The van der Waals surface area contributed by atoms with E-state index < -0.39 is 17.8 Å². The quantitative estimate of drug-likeness (QED) is 0.318. The normalized spacial score (nSPS) is 18.0. The Morgan fingerprint density at radius 1 is 1.00 bits per heavy atom. The molecule has 8 nitrogen and oxygen atoms in total. The molecule has 2 aliphatic rings. The summed E-state index contributed by atoms with van der Waals surface area (Å²) in [5.41, 5.74) is 1.17. The number of ether oxygens (including phenoxy) is 1. The highest BCUT2D eigenvalue weighted by molar-refractivity contribution is 6.09. The van der Waals surface area contributed by atoms with Crippen molar-refractivity contribution in [2.75, 3.05) is 19.7 Å². The van der Waals surface area contributed by atoms with Gasteiger partial charge in [-0.15, -0.1) is 0 Å². The van der Waals surface area contributed by atoms with E-state index in [0.29, 0.717) is 41.7 Å². The van der Waals surface area contributed by atoms with E-state index >= 15 is 0 Å². The summed E-state index contributed by atoms with van der Waals surface area (Å²) in [6.07, 6.45) is 4.94. The molecule has 2 aliphatic carbocycles. The maximum Gasteiger partial charge on any atom is 0.328 e. The molecule has 0 amide bonds. The Kier molecular flexibility index (Phi) is 9.31. The third-order valence-electron chi connectivity index (χ3n) is 5.90. The van der Waals surface area contributed by atoms with Gasteiger partial charge in [-0.3, -0.25) is 4.79 Å². The lowest BCUT2D eigenvalue weighted by molar-refractivity contribution is -0.134. The summed E-state index contributed by atoms with van der Waals surface area (Å²) in [7, 11) is 0. The van der Waals surface area contributed by atoms with Gasteiger partial charge >= 0.3 is 11.9 Å². The van der Waals surface area contributed by atoms with Gasteiger partial charge in [0.15, 0.2) is 17.3 Å². The summed E-state index contributed by atoms with van der Waals surface area (Å²) in [4.78, 5) is 31.6. The lowest BCUT2D eigenvalue weighted by Crippen LogP contribution is -2.20. The van der Waals surface area contributed by atoms with E-state index in [0.717, 1.165) is 25.4 Å². The molecule has 0 heterocycles. The largest absolute Gasteiger partial charge is 0.490 e. The molecule has 0 aliphatic heterocycles. The van der Waals surface area contributed by atoms with Crippen LogP contribution in [0.4, 0.5) is 4.39 Å². The van der Waals surface area contributed by atoms with Crippen molar-refractivity contribution in [2.24, 2.45) is 17.8 Å². The van der Waals surface area contributed by atoms with E-state index in [2.05, 4.69) is 5.32 Å². The number of carbonyl (C=O) groups is 3. The lowest BCUT2D eigenvalue weighted by atomic mass is 10.0. The molecule has 0 bridgehead atoms. The number of nitrogens with one attached hydrogen (secondary N) is 1. The number of nitriles is 1. The maximum absolute atomic E-state index is 14.4. The van der Waals surface area contributed by atoms with E-state index in [1.807, 2.05) is 6.07 Å². The van der Waals surface area contributed by atoms with E-state index in [9.17, 15) is 18.8 Å². The predicted molar refractivity (Wildman–Crippen MR) is 128 cm³/mol. The summed E-state index contributed by atoms with van der Waals surface area (Å²) < 4.78 is 20.0. The van der Waals surface area contributed by atoms with Gasteiger partial charge in [-0.2, -0.15) is 5.26 Å². The van der Waals surface area contributed by atoms with E-state index in [1.54, 1.807) is 30.3 Å². The number of hydrogen-bond donors (Lipinski definition) is 3. The number of rotatable bonds is 11. The Morgan fingerprint density at radius 2 is 1.64 bits per heavy atom. The first kappa shape index (κ1) is 26.6. The van der Waals surface area contributed by atoms with Gasteiger partial charge in [-0.05, 0) is 92.6 Å². The highest BCUT2D eigenvalue weighted by atomic mass is 19.1. The van der Waals surface area contributed by atoms with Gasteiger partial charge in [0.25, 0.3) is 0 Å². The van der Waals surface area contributed by atoms with Crippen LogP contribution in [0.5, 0.6) is 5.75 Å². The fourth-order valence-electron chi connectivity index (χ4n) is 3.52. The summed E-state index contributed by atoms with van der Waals surface area (Å²) in [5, 5.41) is 28.0. The number of carboxylic acid groups (broad SMARTS) is 2. The van der Waals surface area contributed by atoms with Crippen LogP contribution in [0.25, 0.3) is 0 Å². The second-order valence-electron chi connectivity index (χ2n) is 8.84. The molecule has 2 fully saturated rings. The number of nitrogens with zero attached hydrogens (tertiary/aromatic N) is 1. The number of ketones is 1. The molecule has 36 heavy (non-hydrogen) atoms. The van der Waals surface area contributed by atoms with Crippen molar-refractivity contribution >= 4 is 17.7 Å². The molecule has 2 unspecified atom stereocenters. The highest BCUT2D eigenvalue weighted by Crippen LogP contribution is 2.38.